The summed E-state index contributed by atoms with van der Waals surface area (Å²) in [4.78, 5) is 11.9. The fourth-order valence-electron chi connectivity index (χ4n) is 2.03. The van der Waals surface area contributed by atoms with Crippen LogP contribution >= 0.6 is 23.2 Å². The summed E-state index contributed by atoms with van der Waals surface area (Å²) in [5.74, 6) is 1.02. The molecule has 1 N–H and O–H groups in total. The Balaban J connectivity index is 1.96. The van der Waals surface area contributed by atoms with Crippen LogP contribution in [0.15, 0.2) is 41.5 Å². The van der Waals surface area contributed by atoms with Crippen molar-refractivity contribution in [2.24, 2.45) is 5.10 Å². The van der Waals surface area contributed by atoms with E-state index in [0.717, 1.165) is 0 Å². The summed E-state index contributed by atoms with van der Waals surface area (Å²) in [5, 5.41) is 4.74. The van der Waals surface area contributed by atoms with Crippen molar-refractivity contribution in [2.45, 2.75) is 6.92 Å². The van der Waals surface area contributed by atoms with Gasteiger partial charge in [0.2, 0.25) is 0 Å². The van der Waals surface area contributed by atoms with E-state index in [1.165, 1.54) is 12.3 Å². The van der Waals surface area contributed by atoms with Crippen molar-refractivity contribution in [1.82, 2.24) is 5.43 Å². The highest BCUT2D eigenvalue weighted by Gasteiger charge is 2.09. The molecule has 0 radical (unpaired) electrons. The summed E-state index contributed by atoms with van der Waals surface area (Å²) in [6.45, 7) is 2.09. The normalized spacial score (nSPS) is 10.6. The van der Waals surface area contributed by atoms with Gasteiger partial charge in [-0.05, 0) is 31.2 Å². The number of carbonyl (C=O) groups is 1. The molecule has 8 heteroatoms. The fourth-order valence-corrected chi connectivity index (χ4v) is 2.37. The van der Waals surface area contributed by atoms with Crippen LogP contribution in [0, 0.1) is 0 Å². The number of halogens is 2. The Bertz CT molecular complexity index is 797. The lowest BCUT2D eigenvalue weighted by atomic mass is 10.2. The standard InChI is InChI=1S/C18H18Cl2N2O4/c1-3-25-18-12(5-4-6-15(18)24-2)10-21-22-17(23)11-26-16-9-13(19)7-8-14(16)20/h4-10H,3,11H2,1-2H3,(H,22,23)/b21-10+. The van der Waals surface area contributed by atoms with Crippen LogP contribution in [-0.4, -0.2) is 32.4 Å². The van der Waals surface area contributed by atoms with Crippen molar-refractivity contribution >= 4 is 35.3 Å². The highest BCUT2D eigenvalue weighted by Crippen LogP contribution is 2.30. The molecule has 0 saturated carbocycles. The van der Waals surface area contributed by atoms with Crippen LogP contribution in [0.25, 0.3) is 0 Å². The van der Waals surface area contributed by atoms with Crippen LogP contribution in [-0.2, 0) is 4.79 Å². The van der Waals surface area contributed by atoms with E-state index in [-0.39, 0.29) is 6.61 Å². The highest BCUT2D eigenvalue weighted by atomic mass is 35.5. The average Bonchev–Trinajstić information content (AvgIpc) is 2.63. The number of carbonyl (C=O) groups excluding carboxylic acids is 1. The minimum atomic E-state index is -0.446. The molecule has 0 spiro atoms. The van der Waals surface area contributed by atoms with Gasteiger partial charge >= 0.3 is 0 Å². The molecule has 2 aromatic rings. The second kappa shape index (κ2) is 9.89. The van der Waals surface area contributed by atoms with Crippen molar-refractivity contribution in [1.29, 1.82) is 0 Å². The summed E-state index contributed by atoms with van der Waals surface area (Å²) in [7, 11) is 1.55. The number of amides is 1. The van der Waals surface area contributed by atoms with E-state index in [1.54, 1.807) is 37.4 Å². The molecule has 0 aromatic heterocycles. The van der Waals surface area contributed by atoms with E-state index in [0.29, 0.717) is 39.5 Å². The first-order valence-corrected chi connectivity index (χ1v) is 8.50. The number of methoxy groups -OCH3 is 1. The number of hydrogen-bond acceptors (Lipinski definition) is 5. The molecule has 0 saturated heterocycles. The van der Waals surface area contributed by atoms with Gasteiger partial charge in [0.1, 0.15) is 5.75 Å². The summed E-state index contributed by atoms with van der Waals surface area (Å²) in [6, 6.07) is 10.1. The van der Waals surface area contributed by atoms with Crippen LogP contribution in [0.2, 0.25) is 10.0 Å². The molecule has 2 rings (SSSR count). The molecular weight excluding hydrogens is 379 g/mol. The van der Waals surface area contributed by atoms with Gasteiger partial charge in [-0.3, -0.25) is 4.79 Å². The molecule has 0 unspecified atom stereocenters. The maximum Gasteiger partial charge on any atom is 0.277 e. The highest BCUT2D eigenvalue weighted by molar-refractivity contribution is 6.34. The lowest BCUT2D eigenvalue weighted by Crippen LogP contribution is -2.24. The number of para-hydroxylation sites is 1. The number of hydrazone groups is 1. The number of ether oxygens (including phenoxy) is 3. The molecule has 6 nitrogen and oxygen atoms in total. The predicted molar refractivity (Wildman–Crippen MR) is 102 cm³/mol. The Morgan fingerprint density at radius 2 is 2.00 bits per heavy atom. The zero-order chi connectivity index (χ0) is 18.9. The first-order chi connectivity index (χ1) is 12.5. The molecule has 26 heavy (non-hydrogen) atoms. The van der Waals surface area contributed by atoms with Crippen LogP contribution in [0.1, 0.15) is 12.5 Å². The Morgan fingerprint density at radius 1 is 1.19 bits per heavy atom. The van der Waals surface area contributed by atoms with E-state index in [9.17, 15) is 4.79 Å². The third-order valence-corrected chi connectivity index (χ3v) is 3.71. The largest absolute Gasteiger partial charge is 0.493 e. The summed E-state index contributed by atoms with van der Waals surface area (Å²) in [5.41, 5.74) is 3.05. The maximum atomic E-state index is 11.9. The lowest BCUT2D eigenvalue weighted by Gasteiger charge is -2.11. The first-order valence-electron chi connectivity index (χ1n) is 7.74. The number of nitrogens with zero attached hydrogens (tertiary/aromatic N) is 1. The average molecular weight is 397 g/mol. The molecule has 2 aromatic carbocycles. The topological polar surface area (TPSA) is 69.2 Å². The minimum absolute atomic E-state index is 0.256. The van der Waals surface area contributed by atoms with Crippen molar-refractivity contribution in [3.8, 4) is 17.2 Å². The van der Waals surface area contributed by atoms with Gasteiger partial charge in [0.25, 0.3) is 5.91 Å². The second-order valence-corrected chi connectivity index (χ2v) is 5.81. The minimum Gasteiger partial charge on any atom is -0.493 e. The monoisotopic (exact) mass is 396 g/mol. The van der Waals surface area contributed by atoms with Crippen LogP contribution < -0.4 is 19.6 Å². The summed E-state index contributed by atoms with van der Waals surface area (Å²) >= 11 is 11.8. The van der Waals surface area contributed by atoms with E-state index < -0.39 is 5.91 Å². The summed E-state index contributed by atoms with van der Waals surface area (Å²) < 4.78 is 16.2. The lowest BCUT2D eigenvalue weighted by molar-refractivity contribution is -0.123. The molecular formula is C18H18Cl2N2O4. The third-order valence-electron chi connectivity index (χ3n) is 3.16. The second-order valence-electron chi connectivity index (χ2n) is 4.97. The third kappa shape index (κ3) is 5.54. The van der Waals surface area contributed by atoms with Gasteiger partial charge in [-0.15, -0.1) is 0 Å². The fraction of sp³-hybridized carbons (Fsp3) is 0.222. The zero-order valence-electron chi connectivity index (χ0n) is 14.3. The maximum absolute atomic E-state index is 11.9. The van der Waals surface area contributed by atoms with Gasteiger partial charge in [-0.25, -0.2) is 5.43 Å². The van der Waals surface area contributed by atoms with Gasteiger partial charge < -0.3 is 14.2 Å². The number of rotatable bonds is 8. The zero-order valence-corrected chi connectivity index (χ0v) is 15.8. The van der Waals surface area contributed by atoms with E-state index >= 15 is 0 Å². The number of benzene rings is 2. The van der Waals surface area contributed by atoms with Crippen molar-refractivity contribution in [2.75, 3.05) is 20.3 Å². The SMILES string of the molecule is CCOc1c(/C=N/NC(=O)COc2cc(Cl)ccc2Cl)cccc1OC. The quantitative estimate of drug-likeness (QED) is 0.541. The Morgan fingerprint density at radius 3 is 2.73 bits per heavy atom. The number of hydrogen-bond donors (Lipinski definition) is 1. The van der Waals surface area contributed by atoms with E-state index in [1.807, 2.05) is 6.92 Å². The molecule has 0 heterocycles. The van der Waals surface area contributed by atoms with Gasteiger partial charge in [0.15, 0.2) is 18.1 Å². The van der Waals surface area contributed by atoms with E-state index in [4.69, 9.17) is 37.4 Å². The van der Waals surface area contributed by atoms with Crippen molar-refractivity contribution < 1.29 is 19.0 Å². The van der Waals surface area contributed by atoms with Crippen LogP contribution in [0.4, 0.5) is 0 Å². The van der Waals surface area contributed by atoms with Gasteiger partial charge in [0.05, 0.1) is 25.0 Å². The van der Waals surface area contributed by atoms with Crippen molar-refractivity contribution in [3.63, 3.8) is 0 Å². The molecule has 0 bridgehead atoms. The molecule has 1 amide bonds. The van der Waals surface area contributed by atoms with Gasteiger partial charge in [0, 0.05) is 16.7 Å². The van der Waals surface area contributed by atoms with E-state index in [2.05, 4.69) is 10.5 Å². The molecule has 0 aliphatic rings. The molecule has 0 aliphatic heterocycles. The van der Waals surface area contributed by atoms with Gasteiger partial charge in [-0.2, -0.15) is 5.10 Å². The van der Waals surface area contributed by atoms with Crippen LogP contribution in [0.3, 0.4) is 0 Å². The molecule has 0 fully saturated rings. The first kappa shape index (κ1) is 19.9. The predicted octanol–water partition coefficient (Wildman–Crippen LogP) is 3.93. The smallest absolute Gasteiger partial charge is 0.277 e. The Labute approximate surface area is 161 Å². The Hall–Kier alpha value is -2.44. The Kier molecular flexibility index (Phi) is 7.56. The van der Waals surface area contributed by atoms with Crippen LogP contribution in [0.5, 0.6) is 17.2 Å². The molecule has 0 atom stereocenters. The number of nitrogens with one attached hydrogen (secondary N) is 1. The van der Waals surface area contributed by atoms with Crippen molar-refractivity contribution in [3.05, 3.63) is 52.0 Å². The molecule has 0 aliphatic carbocycles. The summed E-state index contributed by atoms with van der Waals surface area (Å²) in [6.07, 6.45) is 1.47. The molecule has 138 valence electrons. The van der Waals surface area contributed by atoms with Gasteiger partial charge in [-0.1, -0.05) is 29.3 Å².